The number of rotatable bonds is 13. The molecule has 4 heterocycles. The first-order valence-electron chi connectivity index (χ1n) is 26.8. The molecule has 75 heavy (non-hydrogen) atoms. The zero-order valence-corrected chi connectivity index (χ0v) is 46.0. The normalized spacial score (nSPS) is 27.7. The Labute approximate surface area is 441 Å². The number of amides is 7. The van der Waals surface area contributed by atoms with Crippen LogP contribution in [0.5, 0.6) is 5.75 Å². The maximum atomic E-state index is 15.1. The maximum Gasteiger partial charge on any atom is 0.329 e. The molecule has 0 bridgehead atoms. The minimum absolute atomic E-state index is 0.0292. The second-order valence-corrected chi connectivity index (χ2v) is 22.1. The quantitative estimate of drug-likeness (QED) is 0.177. The van der Waals surface area contributed by atoms with E-state index in [1.165, 1.54) is 47.6 Å². The molecule has 0 unspecified atom stereocenters. The molecule has 0 aliphatic carbocycles. The molecule has 5 rings (SSSR count). The molecular formula is C54H83N7O14. The summed E-state index contributed by atoms with van der Waals surface area (Å²) in [7, 11) is 2.93. The van der Waals surface area contributed by atoms with Crippen molar-refractivity contribution in [2.75, 3.05) is 27.2 Å². The number of aliphatic hydroxyl groups is 2. The minimum atomic E-state index is -1.71. The van der Waals surface area contributed by atoms with Gasteiger partial charge in [0.05, 0.1) is 25.7 Å². The summed E-state index contributed by atoms with van der Waals surface area (Å²) in [5.74, 6) is -7.49. The number of hydrogen-bond donors (Lipinski definition) is 5. The lowest BCUT2D eigenvalue weighted by Gasteiger charge is -2.40. The molecule has 0 radical (unpaired) electrons. The molecule has 4 aliphatic heterocycles. The molecule has 21 heteroatoms. The van der Waals surface area contributed by atoms with Crippen molar-refractivity contribution < 1.29 is 67.6 Å². The molecule has 4 aliphatic rings. The summed E-state index contributed by atoms with van der Waals surface area (Å²) in [5.41, 5.74) is 1.40. The second-order valence-electron chi connectivity index (χ2n) is 22.1. The van der Waals surface area contributed by atoms with Crippen LogP contribution >= 0.6 is 0 Å². The molecule has 3 fully saturated rings. The Kier molecular flexibility index (Phi) is 21.0. The van der Waals surface area contributed by atoms with Crippen LogP contribution in [-0.4, -0.2) is 177 Å². The number of carbonyl (C=O) groups is 9. The van der Waals surface area contributed by atoms with E-state index in [0.717, 1.165) is 0 Å². The van der Waals surface area contributed by atoms with E-state index < -0.39 is 138 Å². The van der Waals surface area contributed by atoms with Gasteiger partial charge in [0, 0.05) is 33.1 Å². The minimum Gasteiger partial charge on any atom is -0.497 e. The highest BCUT2D eigenvalue weighted by Crippen LogP contribution is 2.32. The summed E-state index contributed by atoms with van der Waals surface area (Å²) >= 11 is 0. The molecule has 0 aromatic heterocycles. The van der Waals surface area contributed by atoms with Gasteiger partial charge in [-0.3, -0.25) is 38.4 Å². The lowest BCUT2D eigenvalue weighted by atomic mass is 9.92. The Hall–Kier alpha value is -5.83. The van der Waals surface area contributed by atoms with Crippen LogP contribution < -0.4 is 20.7 Å². The standard InChI is InChI=1S/C54H83N7O14/c1-13-31(8)44-42(63)26-43(64)75-46(30(6)7)49(67)55-37(22-28(2)3)51(69)60-21-15-17-39(60)53(71)61-27-35-24-36(73-12)19-18-34(35)25-41(61)54(72)74-33(10)45(48(66)56-44)57-47(65)40(23-29(4)5)58(11)52(70)38-16-14-20-59(38)50(68)32(9)62/h18-19,24,28-33,37-42,44-46,62-63H,13-17,20-23,25-27H2,1-12H3,(H,55,67)(H,56,66)(H,57,65)/t31-,32+,33-,37-,38-,39-,40+,41-,42-,44-,45+,46-/m0/s1. The van der Waals surface area contributed by atoms with Gasteiger partial charge in [-0.05, 0) is 99.3 Å². The van der Waals surface area contributed by atoms with Gasteiger partial charge in [0.2, 0.25) is 29.5 Å². The van der Waals surface area contributed by atoms with Gasteiger partial charge < -0.3 is 60.0 Å². The van der Waals surface area contributed by atoms with Gasteiger partial charge in [0.15, 0.2) is 6.10 Å². The number of cyclic esters (lactones) is 2. The third-order valence-electron chi connectivity index (χ3n) is 15.1. The number of nitrogens with zero attached hydrogens (tertiary/aromatic N) is 4. The fraction of sp³-hybridized carbons (Fsp3) is 0.722. The third kappa shape index (κ3) is 14.6. The molecular weight excluding hydrogens is 971 g/mol. The van der Waals surface area contributed by atoms with E-state index in [1.807, 2.05) is 27.7 Å². The zero-order chi connectivity index (χ0) is 55.7. The first-order valence-corrected chi connectivity index (χ1v) is 26.8. The molecule has 5 N–H and O–H groups in total. The summed E-state index contributed by atoms with van der Waals surface area (Å²) in [6.45, 7) is 17.3. The van der Waals surface area contributed by atoms with E-state index in [9.17, 15) is 48.6 Å². The Morgan fingerprint density at radius 3 is 2.15 bits per heavy atom. The van der Waals surface area contributed by atoms with Crippen LogP contribution in [0.4, 0.5) is 0 Å². The highest BCUT2D eigenvalue weighted by Gasteiger charge is 2.47. The molecule has 12 atom stereocenters. The predicted octanol–water partition coefficient (Wildman–Crippen LogP) is 2.00. The summed E-state index contributed by atoms with van der Waals surface area (Å²) < 4.78 is 17.4. The van der Waals surface area contributed by atoms with Gasteiger partial charge in [0.25, 0.3) is 11.8 Å². The lowest BCUT2D eigenvalue weighted by Crippen LogP contribution is -2.62. The van der Waals surface area contributed by atoms with Crippen LogP contribution in [0.1, 0.15) is 132 Å². The number of nitrogens with one attached hydrogen (secondary N) is 3. The van der Waals surface area contributed by atoms with Crippen molar-refractivity contribution in [2.24, 2.45) is 23.7 Å². The number of likely N-dealkylation sites (tertiary alicyclic amines) is 1. The molecule has 21 nitrogen and oxygen atoms in total. The Balaban J connectivity index is 1.61. The Morgan fingerprint density at radius 1 is 0.853 bits per heavy atom. The summed E-state index contributed by atoms with van der Waals surface area (Å²) in [6, 6.07) is -3.26. The molecule has 3 saturated heterocycles. The number of likely N-dealkylation sites (N-methyl/N-ethyl adjacent to an activating group) is 1. The zero-order valence-electron chi connectivity index (χ0n) is 46.0. The average molecular weight is 1050 g/mol. The number of methoxy groups -OCH3 is 1. The monoisotopic (exact) mass is 1050 g/mol. The van der Waals surface area contributed by atoms with Crippen LogP contribution in [0.15, 0.2) is 18.2 Å². The van der Waals surface area contributed by atoms with Gasteiger partial charge >= 0.3 is 11.9 Å². The van der Waals surface area contributed by atoms with Crippen molar-refractivity contribution in [3.8, 4) is 5.75 Å². The van der Waals surface area contributed by atoms with E-state index in [-0.39, 0.29) is 57.2 Å². The van der Waals surface area contributed by atoms with Gasteiger partial charge in [-0.15, -0.1) is 0 Å². The Morgan fingerprint density at radius 2 is 1.53 bits per heavy atom. The average Bonchev–Trinajstić information content (AvgIpc) is 4.06. The molecule has 418 valence electrons. The number of aliphatic hydroxyl groups excluding tert-OH is 2. The van der Waals surface area contributed by atoms with Gasteiger partial charge in [0.1, 0.15) is 54.2 Å². The van der Waals surface area contributed by atoms with Crippen molar-refractivity contribution in [1.29, 1.82) is 0 Å². The van der Waals surface area contributed by atoms with Crippen LogP contribution in [0.3, 0.4) is 0 Å². The lowest BCUT2D eigenvalue weighted by molar-refractivity contribution is -0.164. The third-order valence-corrected chi connectivity index (χ3v) is 15.1. The topological polar surface area (TPSA) is 271 Å². The van der Waals surface area contributed by atoms with Crippen LogP contribution in [0.25, 0.3) is 0 Å². The Bertz CT molecular complexity index is 2260. The predicted molar refractivity (Wildman–Crippen MR) is 274 cm³/mol. The number of carbonyl (C=O) groups excluding carboxylic acids is 9. The van der Waals surface area contributed by atoms with Gasteiger partial charge in [-0.2, -0.15) is 0 Å². The summed E-state index contributed by atoms with van der Waals surface area (Å²) in [5, 5.41) is 30.3. The summed E-state index contributed by atoms with van der Waals surface area (Å²) in [6.07, 6.45) is -4.41. The number of esters is 2. The van der Waals surface area contributed by atoms with Crippen LogP contribution in [0.2, 0.25) is 0 Å². The van der Waals surface area contributed by atoms with Crippen LogP contribution in [-0.2, 0) is 65.6 Å². The van der Waals surface area contributed by atoms with E-state index in [4.69, 9.17) is 14.2 Å². The largest absolute Gasteiger partial charge is 0.497 e. The van der Waals surface area contributed by atoms with E-state index >= 15 is 4.79 Å². The van der Waals surface area contributed by atoms with E-state index in [2.05, 4.69) is 16.0 Å². The fourth-order valence-corrected chi connectivity index (χ4v) is 10.6. The second kappa shape index (κ2) is 26.3. The highest BCUT2D eigenvalue weighted by atomic mass is 16.6. The fourth-order valence-electron chi connectivity index (χ4n) is 10.6. The molecule has 1 aromatic carbocycles. The van der Waals surface area contributed by atoms with Crippen molar-refractivity contribution in [2.45, 2.75) is 200 Å². The van der Waals surface area contributed by atoms with Gasteiger partial charge in [-0.1, -0.05) is 67.9 Å². The highest BCUT2D eigenvalue weighted by molar-refractivity contribution is 5.97. The van der Waals surface area contributed by atoms with Crippen molar-refractivity contribution >= 4 is 53.3 Å². The number of fused-ring (bicyclic) bond motifs is 3. The molecule has 7 amide bonds. The smallest absolute Gasteiger partial charge is 0.329 e. The van der Waals surface area contributed by atoms with Gasteiger partial charge in [-0.25, -0.2) is 4.79 Å². The summed E-state index contributed by atoms with van der Waals surface area (Å²) in [4.78, 5) is 135. The van der Waals surface area contributed by atoms with Crippen molar-refractivity contribution in [3.63, 3.8) is 0 Å². The first-order chi connectivity index (χ1) is 35.3. The molecule has 0 saturated carbocycles. The van der Waals surface area contributed by atoms with Crippen molar-refractivity contribution in [1.82, 2.24) is 35.6 Å². The molecule has 0 spiro atoms. The molecule has 1 aromatic rings. The maximum absolute atomic E-state index is 15.1. The van der Waals surface area contributed by atoms with E-state index in [0.29, 0.717) is 42.6 Å². The van der Waals surface area contributed by atoms with E-state index in [1.54, 1.807) is 45.9 Å². The number of ether oxygens (including phenoxy) is 3. The number of hydrogen-bond acceptors (Lipinski definition) is 14. The van der Waals surface area contributed by atoms with Crippen LogP contribution in [0, 0.1) is 23.7 Å². The first kappa shape index (κ1) is 60.0. The van der Waals surface area contributed by atoms with Crippen molar-refractivity contribution in [3.05, 3.63) is 29.3 Å². The number of benzene rings is 1. The SMILES string of the molecule is CC[C@H](C)[C@@H]1NC(=O)[C@H](NC(=O)[C@@H](CC(C)C)N(C)C(=O)[C@@H]2CCCN2C(=O)[C@@H](C)O)[C@H](C)OC(=O)[C@@H]2Cc3ccc(OC)cc3CN2C(=O)[C@@H]2CCCN2C(=O)[C@H](CC(C)C)NC(=O)[C@H](C(C)C)OC(=O)C[C@@H]1O.